The molecule has 1 aromatic heterocycles. The molecule has 2 aliphatic carbocycles. The first-order valence-corrected chi connectivity index (χ1v) is 9.86. The number of anilines is 1. The van der Waals surface area contributed by atoms with E-state index in [1.165, 1.54) is 13.3 Å². The molecule has 3 N–H and O–H groups in total. The van der Waals surface area contributed by atoms with Crippen molar-refractivity contribution in [2.75, 3.05) is 25.1 Å². The van der Waals surface area contributed by atoms with Crippen molar-refractivity contribution in [3.63, 3.8) is 0 Å². The highest BCUT2D eigenvalue weighted by molar-refractivity contribution is 5.97. The Balaban J connectivity index is 1.73. The molecular formula is C21H24FN3O4. The number of benzene rings is 1. The first-order chi connectivity index (χ1) is 13.7. The van der Waals surface area contributed by atoms with Gasteiger partial charge in [-0.2, -0.15) is 0 Å². The Kier molecular flexibility index (Phi) is 3.63. The number of aromatic carboxylic acids is 1. The number of rotatable bonds is 4. The average Bonchev–Trinajstić information content (AvgIpc) is 3.56. The fourth-order valence-corrected chi connectivity index (χ4v) is 4.93. The molecule has 1 saturated heterocycles. The van der Waals surface area contributed by atoms with Gasteiger partial charge in [0.05, 0.1) is 29.7 Å². The lowest BCUT2D eigenvalue weighted by Crippen LogP contribution is -2.45. The number of carboxylic acids is 1. The number of alkyl halides is 1. The van der Waals surface area contributed by atoms with E-state index in [0.29, 0.717) is 17.8 Å². The standard InChI is InChI=1S/C21H24FN3O4/c1-20(23)9-24(10-21(20)5-6-21)14-4-3-11-16(18(14)29-2)25(15-7-13(15)22)8-12(17(11)26)19(27)28/h3-4,8,13,15H,5-7,9-10,23H2,1-2H3,(H,27,28)/t13-,15+,20+/m0/s1. The number of halogens is 1. The van der Waals surface area contributed by atoms with Gasteiger partial charge < -0.3 is 25.0 Å². The number of hydrogen-bond acceptors (Lipinski definition) is 5. The zero-order valence-corrected chi connectivity index (χ0v) is 16.4. The van der Waals surface area contributed by atoms with E-state index in [-0.39, 0.29) is 28.3 Å². The summed E-state index contributed by atoms with van der Waals surface area (Å²) in [7, 11) is 1.52. The van der Waals surface area contributed by atoms with Gasteiger partial charge in [0, 0.05) is 36.7 Å². The van der Waals surface area contributed by atoms with Crippen LogP contribution in [0.3, 0.4) is 0 Å². The van der Waals surface area contributed by atoms with Crippen LogP contribution in [-0.4, -0.2) is 47.6 Å². The second-order valence-corrected chi connectivity index (χ2v) is 8.97. The number of nitrogens with zero attached hydrogens (tertiary/aromatic N) is 2. The van der Waals surface area contributed by atoms with Crippen LogP contribution in [0.4, 0.5) is 10.1 Å². The largest absolute Gasteiger partial charge is 0.492 e. The van der Waals surface area contributed by atoms with Gasteiger partial charge in [-0.3, -0.25) is 4.79 Å². The topological polar surface area (TPSA) is 97.8 Å². The Morgan fingerprint density at radius 2 is 2.03 bits per heavy atom. The highest BCUT2D eigenvalue weighted by Gasteiger charge is 2.60. The van der Waals surface area contributed by atoms with Gasteiger partial charge in [-0.15, -0.1) is 0 Å². The quantitative estimate of drug-likeness (QED) is 0.816. The molecule has 0 bridgehead atoms. The number of carboxylic acid groups (broad SMARTS) is 1. The number of nitrogens with two attached hydrogens (primary N) is 1. The number of hydrogen-bond donors (Lipinski definition) is 2. The molecule has 3 fully saturated rings. The molecule has 5 rings (SSSR count). The fourth-order valence-electron chi connectivity index (χ4n) is 4.93. The van der Waals surface area contributed by atoms with Crippen LogP contribution in [0.2, 0.25) is 0 Å². The smallest absolute Gasteiger partial charge is 0.341 e. The Hall–Kier alpha value is -2.61. The Bertz CT molecular complexity index is 1100. The van der Waals surface area contributed by atoms with Gasteiger partial charge in [0.25, 0.3) is 0 Å². The van der Waals surface area contributed by atoms with Crippen LogP contribution in [-0.2, 0) is 0 Å². The van der Waals surface area contributed by atoms with E-state index in [1.54, 1.807) is 16.7 Å². The van der Waals surface area contributed by atoms with E-state index in [2.05, 4.69) is 11.8 Å². The summed E-state index contributed by atoms with van der Waals surface area (Å²) in [6, 6.07) is 2.92. The summed E-state index contributed by atoms with van der Waals surface area (Å²) >= 11 is 0. The number of ether oxygens (including phenoxy) is 1. The Morgan fingerprint density at radius 3 is 2.55 bits per heavy atom. The third kappa shape index (κ3) is 2.51. The monoisotopic (exact) mass is 401 g/mol. The second-order valence-electron chi connectivity index (χ2n) is 8.97. The molecular weight excluding hydrogens is 377 g/mol. The van der Waals surface area contributed by atoms with Gasteiger partial charge in [0.1, 0.15) is 11.7 Å². The molecule has 29 heavy (non-hydrogen) atoms. The van der Waals surface area contributed by atoms with Crippen LogP contribution in [0, 0.1) is 5.41 Å². The number of fused-ring (bicyclic) bond motifs is 1. The average molecular weight is 401 g/mol. The van der Waals surface area contributed by atoms with Crippen molar-refractivity contribution in [2.24, 2.45) is 11.1 Å². The van der Waals surface area contributed by atoms with Crippen molar-refractivity contribution in [3.05, 3.63) is 34.1 Å². The summed E-state index contributed by atoms with van der Waals surface area (Å²) in [5, 5.41) is 9.66. The predicted octanol–water partition coefficient (Wildman–Crippen LogP) is 2.31. The summed E-state index contributed by atoms with van der Waals surface area (Å²) in [6.45, 7) is 3.52. The van der Waals surface area contributed by atoms with Gasteiger partial charge >= 0.3 is 5.97 Å². The number of aromatic nitrogens is 1. The molecule has 3 aliphatic rings. The highest BCUT2D eigenvalue weighted by Crippen LogP contribution is 2.58. The Morgan fingerprint density at radius 1 is 1.34 bits per heavy atom. The van der Waals surface area contributed by atoms with Gasteiger partial charge in [-0.25, -0.2) is 9.18 Å². The van der Waals surface area contributed by atoms with Crippen LogP contribution in [0.5, 0.6) is 5.75 Å². The number of pyridine rings is 1. The van der Waals surface area contributed by atoms with E-state index < -0.39 is 23.6 Å². The van der Waals surface area contributed by atoms with Crippen LogP contribution in [0.1, 0.15) is 42.6 Å². The van der Waals surface area contributed by atoms with Crippen molar-refractivity contribution >= 4 is 22.6 Å². The molecule has 3 atom stereocenters. The maximum absolute atomic E-state index is 14.0. The van der Waals surface area contributed by atoms with Crippen LogP contribution in [0.25, 0.3) is 10.9 Å². The zero-order valence-electron chi connectivity index (χ0n) is 16.4. The first kappa shape index (κ1) is 18.4. The lowest BCUT2D eigenvalue weighted by Gasteiger charge is -2.26. The molecule has 7 nitrogen and oxygen atoms in total. The molecule has 1 aliphatic heterocycles. The Labute approximate surface area is 166 Å². The van der Waals surface area contributed by atoms with E-state index in [1.807, 2.05) is 0 Å². The van der Waals surface area contributed by atoms with E-state index in [4.69, 9.17) is 10.5 Å². The minimum atomic E-state index is -1.32. The molecule has 154 valence electrons. The van der Waals surface area contributed by atoms with Crippen molar-refractivity contribution in [2.45, 2.75) is 43.9 Å². The van der Waals surface area contributed by atoms with Crippen molar-refractivity contribution in [1.29, 1.82) is 0 Å². The number of carbonyl (C=O) groups is 1. The van der Waals surface area contributed by atoms with Crippen LogP contribution in [0.15, 0.2) is 23.1 Å². The first-order valence-electron chi connectivity index (χ1n) is 9.86. The molecule has 1 aromatic carbocycles. The summed E-state index contributed by atoms with van der Waals surface area (Å²) in [4.78, 5) is 26.5. The third-order valence-corrected chi connectivity index (χ3v) is 7.02. The van der Waals surface area contributed by atoms with Crippen molar-refractivity contribution in [1.82, 2.24) is 4.57 Å². The fraction of sp³-hybridized carbons (Fsp3) is 0.524. The molecule has 2 aromatic rings. The summed E-state index contributed by atoms with van der Waals surface area (Å²) in [5.41, 5.74) is 6.65. The molecule has 2 saturated carbocycles. The molecule has 8 heteroatoms. The molecule has 0 amide bonds. The van der Waals surface area contributed by atoms with Crippen molar-refractivity contribution < 1.29 is 19.0 Å². The third-order valence-electron chi connectivity index (χ3n) is 7.02. The van der Waals surface area contributed by atoms with E-state index in [0.717, 1.165) is 25.1 Å². The highest BCUT2D eigenvalue weighted by atomic mass is 19.1. The van der Waals surface area contributed by atoms with Gasteiger partial charge in [-0.1, -0.05) is 0 Å². The molecule has 2 heterocycles. The van der Waals surface area contributed by atoms with Gasteiger partial charge in [-0.05, 0) is 31.9 Å². The lowest BCUT2D eigenvalue weighted by atomic mass is 9.87. The zero-order chi connectivity index (χ0) is 20.7. The molecule has 0 unspecified atom stereocenters. The molecule has 0 radical (unpaired) electrons. The van der Waals surface area contributed by atoms with E-state index >= 15 is 0 Å². The maximum Gasteiger partial charge on any atom is 0.341 e. The van der Waals surface area contributed by atoms with Crippen LogP contribution < -0.4 is 20.8 Å². The summed E-state index contributed by atoms with van der Waals surface area (Å²) in [5.74, 6) is -0.858. The minimum Gasteiger partial charge on any atom is -0.492 e. The van der Waals surface area contributed by atoms with Crippen LogP contribution >= 0.6 is 0 Å². The summed E-state index contributed by atoms with van der Waals surface area (Å²) in [6.07, 6.45) is 2.65. The van der Waals surface area contributed by atoms with Crippen molar-refractivity contribution in [3.8, 4) is 5.75 Å². The predicted molar refractivity (Wildman–Crippen MR) is 107 cm³/mol. The summed E-state index contributed by atoms with van der Waals surface area (Å²) < 4.78 is 21.2. The molecule has 1 spiro atoms. The van der Waals surface area contributed by atoms with Gasteiger partial charge in [0.2, 0.25) is 5.43 Å². The second kappa shape index (κ2) is 5.72. The van der Waals surface area contributed by atoms with E-state index in [9.17, 15) is 19.1 Å². The van der Waals surface area contributed by atoms with Gasteiger partial charge in [0.15, 0.2) is 5.75 Å². The lowest BCUT2D eigenvalue weighted by molar-refractivity contribution is 0.0694. The number of methoxy groups -OCH3 is 1. The normalized spacial score (nSPS) is 29.4. The SMILES string of the molecule is COc1c(N2CC3(CC3)[C@](C)(N)C2)ccc2c(=O)c(C(=O)O)cn([C@@H]3C[C@@H]3F)c12. The minimum absolute atomic E-state index is 0.0975. The maximum atomic E-state index is 14.0.